The van der Waals surface area contributed by atoms with Crippen LogP contribution in [0.4, 0.5) is 4.39 Å². The van der Waals surface area contributed by atoms with Crippen LogP contribution in [0.5, 0.6) is 0 Å². The van der Waals surface area contributed by atoms with Crippen molar-refractivity contribution >= 4 is 0 Å². The van der Waals surface area contributed by atoms with Gasteiger partial charge in [0.05, 0.1) is 0 Å². The third kappa shape index (κ3) is 5.75. The van der Waals surface area contributed by atoms with Crippen molar-refractivity contribution in [3.05, 3.63) is 29.8 Å². The quantitative estimate of drug-likeness (QED) is 0.496. The summed E-state index contributed by atoms with van der Waals surface area (Å²) in [5.74, 6) is -0.634. The average molecular weight is 344 g/mol. The SMILES string of the molecule is N#Cc1[c-]n[c-]c(F)c1.[La].[Rb+]. The number of aromatic nitrogens is 1. The van der Waals surface area contributed by atoms with Gasteiger partial charge < -0.3 is 10.2 Å². The van der Waals surface area contributed by atoms with Crippen molar-refractivity contribution in [1.29, 1.82) is 5.26 Å². The molecule has 0 spiro atoms. The molecule has 11 heavy (non-hydrogen) atoms. The van der Waals surface area contributed by atoms with E-state index in [-0.39, 0.29) is 99.3 Å². The van der Waals surface area contributed by atoms with Crippen molar-refractivity contribution in [2.45, 2.75) is 0 Å². The molecule has 0 atom stereocenters. The first-order chi connectivity index (χ1) is 4.33. The van der Waals surface area contributed by atoms with E-state index in [1.807, 2.05) is 6.20 Å². The molecular weight excluding hydrogens is 343 g/mol. The van der Waals surface area contributed by atoms with Crippen LogP contribution in [0.1, 0.15) is 5.56 Å². The van der Waals surface area contributed by atoms with E-state index >= 15 is 0 Å². The molecule has 0 unspecified atom stereocenters. The predicted octanol–water partition coefficient (Wildman–Crippen LogP) is -2.30. The molecule has 47 valence electrons. The van der Waals surface area contributed by atoms with E-state index in [9.17, 15) is 4.39 Å². The van der Waals surface area contributed by atoms with Crippen molar-refractivity contribution in [3.63, 3.8) is 0 Å². The van der Waals surface area contributed by atoms with Gasteiger partial charge in [0.15, 0.2) is 0 Å². The van der Waals surface area contributed by atoms with E-state index in [1.54, 1.807) is 6.07 Å². The molecule has 0 fully saturated rings. The molecule has 0 N–H and O–H groups in total. The average Bonchev–Trinajstić information content (AvgIpc) is 1.88. The largest absolute Gasteiger partial charge is 1.00 e. The Kier molecular flexibility index (Phi) is 11.2. The van der Waals surface area contributed by atoms with E-state index in [4.69, 9.17) is 5.26 Å². The molecule has 2 nitrogen and oxygen atoms in total. The number of rotatable bonds is 0. The molecule has 0 saturated heterocycles. The minimum absolute atomic E-state index is 0. The van der Waals surface area contributed by atoms with Crippen LogP contribution in [0, 0.1) is 65.1 Å². The first kappa shape index (κ1) is 15.1. The van der Waals surface area contributed by atoms with Crippen molar-refractivity contribution < 1.29 is 98.2 Å². The van der Waals surface area contributed by atoms with Crippen LogP contribution < -0.4 is 58.2 Å². The summed E-state index contributed by atoms with van der Waals surface area (Å²) in [5, 5.41) is 8.16. The summed E-state index contributed by atoms with van der Waals surface area (Å²) in [6.07, 6.45) is 4.23. The van der Waals surface area contributed by atoms with Crippen LogP contribution in [-0.4, -0.2) is 4.98 Å². The maximum atomic E-state index is 12.1. The Morgan fingerprint density at radius 3 is 2.55 bits per heavy atom. The Labute approximate surface area is 141 Å². The third-order valence-electron chi connectivity index (χ3n) is 0.731. The molecule has 0 amide bonds. The van der Waals surface area contributed by atoms with E-state index in [0.717, 1.165) is 6.07 Å². The first-order valence-electron chi connectivity index (χ1n) is 2.19. The minimum Gasteiger partial charge on any atom is -0.469 e. The van der Waals surface area contributed by atoms with Gasteiger partial charge in [-0.1, -0.05) is 0 Å². The molecule has 1 aromatic rings. The number of nitrogens with zero attached hydrogens (tertiary/aromatic N) is 2. The Morgan fingerprint density at radius 1 is 1.55 bits per heavy atom. The van der Waals surface area contributed by atoms with E-state index in [2.05, 4.69) is 11.2 Å². The van der Waals surface area contributed by atoms with Crippen LogP contribution in [0.15, 0.2) is 6.07 Å². The number of hydrogen-bond acceptors (Lipinski definition) is 2. The number of hydrogen-bond donors (Lipinski definition) is 0. The van der Waals surface area contributed by atoms with Gasteiger partial charge in [-0.25, -0.2) is 9.95 Å². The summed E-state index contributed by atoms with van der Waals surface area (Å²) in [6, 6.07) is 2.71. The van der Waals surface area contributed by atoms with E-state index in [0.29, 0.717) is 0 Å². The third-order valence-corrected chi connectivity index (χ3v) is 0.731. The molecule has 0 aliphatic carbocycles. The second-order valence-electron chi connectivity index (χ2n) is 1.35. The molecule has 0 aliphatic rings. The van der Waals surface area contributed by atoms with Crippen LogP contribution >= 0.6 is 0 Å². The zero-order valence-electron chi connectivity index (χ0n) is 5.93. The monoisotopic (exact) mass is 344 g/mol. The topological polar surface area (TPSA) is 36.7 Å². The van der Waals surface area contributed by atoms with Crippen LogP contribution in [-0.2, 0) is 0 Å². The Morgan fingerprint density at radius 2 is 2.18 bits per heavy atom. The summed E-state index contributed by atoms with van der Waals surface area (Å²) < 4.78 is 12.1. The van der Waals surface area contributed by atoms with Gasteiger partial charge in [0.1, 0.15) is 0 Å². The molecule has 1 radical (unpaired) electrons. The van der Waals surface area contributed by atoms with Gasteiger partial charge in [-0.3, -0.25) is 0 Å². The van der Waals surface area contributed by atoms with Gasteiger partial charge in [0.2, 0.25) is 0 Å². The fourth-order valence-corrected chi connectivity index (χ4v) is 0.390. The maximum absolute atomic E-state index is 12.1. The van der Waals surface area contributed by atoms with E-state index < -0.39 is 5.82 Å². The molecular formula is C6HFLaN2Rb-. The predicted molar refractivity (Wildman–Crippen MR) is 26.6 cm³/mol. The molecule has 5 heteroatoms. The minimum atomic E-state index is -0.634. The second-order valence-corrected chi connectivity index (χ2v) is 1.35. The maximum Gasteiger partial charge on any atom is 1.00 e. The smallest absolute Gasteiger partial charge is 0.469 e. The zero-order chi connectivity index (χ0) is 6.69. The van der Waals surface area contributed by atoms with Crippen LogP contribution in [0.3, 0.4) is 0 Å². The van der Waals surface area contributed by atoms with Gasteiger partial charge in [-0.15, -0.1) is 6.20 Å². The summed E-state index contributed by atoms with van der Waals surface area (Å²) in [6.45, 7) is 0. The summed E-state index contributed by atoms with van der Waals surface area (Å²) in [7, 11) is 0. The van der Waals surface area contributed by atoms with Crippen molar-refractivity contribution in [1.82, 2.24) is 4.98 Å². The Hall–Kier alpha value is 1.57. The molecule has 1 heterocycles. The molecule has 0 saturated carbocycles. The summed E-state index contributed by atoms with van der Waals surface area (Å²) >= 11 is 0. The Balaban J connectivity index is 0. The molecule has 1 aromatic heterocycles. The first-order valence-corrected chi connectivity index (χ1v) is 2.19. The fourth-order valence-electron chi connectivity index (χ4n) is 0.390. The number of halogens is 1. The summed E-state index contributed by atoms with van der Waals surface area (Å²) in [5.41, 5.74) is 0.0891. The normalized spacial score (nSPS) is 6.91. The van der Waals surface area contributed by atoms with E-state index in [1.165, 1.54) is 0 Å². The molecule has 0 aliphatic heterocycles. The Bertz CT molecular complexity index is 261. The van der Waals surface area contributed by atoms with Gasteiger partial charge in [-0.05, 0) is 5.82 Å². The van der Waals surface area contributed by atoms with Gasteiger partial charge in [0.25, 0.3) is 0 Å². The van der Waals surface area contributed by atoms with Crippen molar-refractivity contribution in [2.24, 2.45) is 0 Å². The molecule has 0 bridgehead atoms. The van der Waals surface area contributed by atoms with Crippen molar-refractivity contribution in [2.75, 3.05) is 0 Å². The number of nitriles is 1. The van der Waals surface area contributed by atoms with Crippen LogP contribution in [0.25, 0.3) is 0 Å². The van der Waals surface area contributed by atoms with Crippen molar-refractivity contribution in [3.8, 4) is 6.07 Å². The number of pyridine rings is 1. The van der Waals surface area contributed by atoms with Gasteiger partial charge >= 0.3 is 58.2 Å². The van der Waals surface area contributed by atoms with Gasteiger partial charge in [0, 0.05) is 35.6 Å². The second kappa shape index (κ2) is 8.18. The fraction of sp³-hybridized carbons (Fsp3) is 0. The molecule has 0 aromatic carbocycles. The van der Waals surface area contributed by atoms with Crippen LogP contribution in [0.2, 0.25) is 0 Å². The zero-order valence-corrected chi connectivity index (χ0v) is 14.5. The summed E-state index contributed by atoms with van der Waals surface area (Å²) in [4.78, 5) is 3.21. The molecule has 1 rings (SSSR count). The van der Waals surface area contributed by atoms with Gasteiger partial charge in [-0.2, -0.15) is 18.3 Å². The standard InChI is InChI=1S/C6HFN2.La.Rb/c7-6-1-5(2-8)3-9-4-6;;/h1H;;/q-2;;+1.